The molecule has 1 aliphatic heterocycles. The highest BCUT2D eigenvalue weighted by molar-refractivity contribution is 7.84. The zero-order valence-corrected chi connectivity index (χ0v) is 16.9. The Hall–Kier alpha value is -2.80. The van der Waals surface area contributed by atoms with E-state index in [4.69, 9.17) is 0 Å². The Balaban J connectivity index is 2.09. The van der Waals surface area contributed by atoms with Crippen LogP contribution in [0.1, 0.15) is 23.7 Å². The molecular formula is C21H22N2O4S. The van der Waals surface area contributed by atoms with Crippen molar-refractivity contribution in [2.75, 3.05) is 29.6 Å². The van der Waals surface area contributed by atoms with Crippen molar-refractivity contribution in [2.24, 2.45) is 5.92 Å². The number of para-hydroxylation sites is 1. The molecule has 2 aromatic carbocycles. The number of hydrogen-bond acceptors (Lipinski definition) is 4. The van der Waals surface area contributed by atoms with Crippen molar-refractivity contribution in [3.63, 3.8) is 0 Å². The summed E-state index contributed by atoms with van der Waals surface area (Å²) in [7, 11) is 0.103. The zero-order valence-electron chi connectivity index (χ0n) is 16.0. The second-order valence-corrected chi connectivity index (χ2v) is 7.97. The van der Waals surface area contributed by atoms with Crippen LogP contribution in [0, 0.1) is 5.92 Å². The van der Waals surface area contributed by atoms with Crippen LogP contribution in [0.5, 0.6) is 0 Å². The van der Waals surface area contributed by atoms with Crippen LogP contribution < -0.4 is 9.80 Å². The molecule has 0 saturated heterocycles. The van der Waals surface area contributed by atoms with Crippen LogP contribution in [0.3, 0.4) is 0 Å². The smallest absolute Gasteiger partial charge is 0.247 e. The fraction of sp³-hybridized carbons (Fsp3) is 0.286. The van der Waals surface area contributed by atoms with Crippen molar-refractivity contribution in [2.45, 2.75) is 18.2 Å². The highest BCUT2D eigenvalue weighted by Crippen LogP contribution is 2.34. The summed E-state index contributed by atoms with van der Waals surface area (Å²) in [6.07, 6.45) is 2.15. The summed E-state index contributed by atoms with van der Waals surface area (Å²) in [5, 5.41) is 0. The molecular weight excluding hydrogens is 376 g/mol. The van der Waals surface area contributed by atoms with Crippen LogP contribution in [-0.2, 0) is 20.4 Å². The van der Waals surface area contributed by atoms with Gasteiger partial charge >= 0.3 is 0 Å². The van der Waals surface area contributed by atoms with Crippen LogP contribution in [0.25, 0.3) is 0 Å². The standard InChI is InChI=1S/C21H22N2O4S/c1-4-13-23(14-9-6-5-7-10-14)21(26)18-19(24)17-15(22(2)20(18)25)11-8-12-16(17)28(3)27/h5-12,18H,4,13H2,1-3H3. The van der Waals surface area contributed by atoms with Crippen LogP contribution >= 0.6 is 0 Å². The zero-order chi connectivity index (χ0) is 20.4. The van der Waals surface area contributed by atoms with E-state index in [1.54, 1.807) is 42.5 Å². The van der Waals surface area contributed by atoms with E-state index in [1.165, 1.54) is 23.1 Å². The van der Waals surface area contributed by atoms with E-state index in [0.717, 1.165) is 0 Å². The van der Waals surface area contributed by atoms with Gasteiger partial charge in [0.05, 0.1) is 26.9 Å². The third kappa shape index (κ3) is 3.38. The largest absolute Gasteiger partial charge is 0.314 e. The number of fused-ring (bicyclic) bond motifs is 1. The van der Waals surface area contributed by atoms with E-state index in [1.807, 2.05) is 13.0 Å². The van der Waals surface area contributed by atoms with Gasteiger partial charge in [0.2, 0.25) is 11.8 Å². The fourth-order valence-corrected chi connectivity index (χ4v) is 4.19. The van der Waals surface area contributed by atoms with Gasteiger partial charge in [-0.1, -0.05) is 31.2 Å². The Labute approximate surface area is 166 Å². The number of carbonyl (C=O) groups is 3. The first-order valence-corrected chi connectivity index (χ1v) is 10.6. The van der Waals surface area contributed by atoms with Crippen LogP contribution in [-0.4, -0.2) is 41.7 Å². The highest BCUT2D eigenvalue weighted by Gasteiger charge is 2.45. The molecule has 1 aliphatic rings. The van der Waals surface area contributed by atoms with Gasteiger partial charge in [-0.05, 0) is 30.7 Å². The van der Waals surface area contributed by atoms with Gasteiger partial charge in [0.25, 0.3) is 0 Å². The minimum absolute atomic E-state index is 0.188. The fourth-order valence-electron chi connectivity index (χ4n) is 3.43. The maximum absolute atomic E-state index is 13.3. The summed E-state index contributed by atoms with van der Waals surface area (Å²) < 4.78 is 12.1. The number of nitrogens with zero attached hydrogens (tertiary/aromatic N) is 2. The van der Waals surface area contributed by atoms with Gasteiger partial charge in [-0.15, -0.1) is 0 Å². The minimum atomic E-state index is -1.48. The first-order valence-electron chi connectivity index (χ1n) is 9.03. The maximum Gasteiger partial charge on any atom is 0.247 e. The van der Waals surface area contributed by atoms with Gasteiger partial charge in [-0.25, -0.2) is 0 Å². The third-order valence-corrected chi connectivity index (χ3v) is 5.75. The molecule has 0 aromatic heterocycles. The molecule has 2 aromatic rings. The molecule has 146 valence electrons. The van der Waals surface area contributed by atoms with E-state index < -0.39 is 34.3 Å². The molecule has 7 heteroatoms. The van der Waals surface area contributed by atoms with Gasteiger partial charge in [0.1, 0.15) is 0 Å². The van der Waals surface area contributed by atoms with Crippen molar-refractivity contribution < 1.29 is 18.6 Å². The number of hydrogen-bond donors (Lipinski definition) is 0. The molecule has 0 radical (unpaired) electrons. The van der Waals surface area contributed by atoms with E-state index in [0.29, 0.717) is 29.2 Å². The second-order valence-electron chi connectivity index (χ2n) is 6.62. The normalized spacial score (nSPS) is 17.2. The topological polar surface area (TPSA) is 74.8 Å². The highest BCUT2D eigenvalue weighted by atomic mass is 32.2. The molecule has 2 unspecified atom stereocenters. The molecule has 1 heterocycles. The quantitative estimate of drug-likeness (QED) is 0.726. The second kappa shape index (κ2) is 8.06. The van der Waals surface area contributed by atoms with Crippen molar-refractivity contribution >= 4 is 39.8 Å². The first kappa shape index (κ1) is 19.9. The maximum atomic E-state index is 13.3. The molecule has 0 bridgehead atoms. The van der Waals surface area contributed by atoms with Crippen LogP contribution in [0.15, 0.2) is 53.4 Å². The van der Waals surface area contributed by atoms with Crippen LogP contribution in [0.4, 0.5) is 11.4 Å². The summed E-state index contributed by atoms with van der Waals surface area (Å²) in [6, 6.07) is 13.9. The average Bonchev–Trinajstić information content (AvgIpc) is 2.70. The summed E-state index contributed by atoms with van der Waals surface area (Å²) in [5.74, 6) is -3.20. The molecule has 2 amide bonds. The monoisotopic (exact) mass is 398 g/mol. The van der Waals surface area contributed by atoms with Crippen molar-refractivity contribution in [1.29, 1.82) is 0 Å². The molecule has 0 N–H and O–H groups in total. The Morgan fingerprint density at radius 1 is 1.11 bits per heavy atom. The lowest BCUT2D eigenvalue weighted by molar-refractivity contribution is -0.130. The summed E-state index contributed by atoms with van der Waals surface area (Å²) in [6.45, 7) is 2.31. The van der Waals surface area contributed by atoms with E-state index >= 15 is 0 Å². The van der Waals surface area contributed by atoms with Gasteiger partial charge in [0.15, 0.2) is 11.7 Å². The number of benzene rings is 2. The first-order chi connectivity index (χ1) is 13.4. The third-order valence-electron chi connectivity index (χ3n) is 4.79. The summed E-state index contributed by atoms with van der Waals surface area (Å²) in [4.78, 5) is 42.6. The number of ketones is 1. The molecule has 6 nitrogen and oxygen atoms in total. The van der Waals surface area contributed by atoms with Gasteiger partial charge in [-0.2, -0.15) is 0 Å². The van der Waals surface area contributed by atoms with Crippen molar-refractivity contribution in [3.8, 4) is 0 Å². The molecule has 0 fully saturated rings. The summed E-state index contributed by atoms with van der Waals surface area (Å²) in [5.41, 5.74) is 1.21. The van der Waals surface area contributed by atoms with Crippen molar-refractivity contribution in [1.82, 2.24) is 0 Å². The lowest BCUT2D eigenvalue weighted by atomic mass is 9.89. The molecule has 2 atom stereocenters. The predicted octanol–water partition coefficient (Wildman–Crippen LogP) is 2.64. The lowest BCUT2D eigenvalue weighted by Gasteiger charge is -2.33. The number of carbonyl (C=O) groups excluding carboxylic acids is 3. The van der Waals surface area contributed by atoms with Crippen molar-refractivity contribution in [3.05, 3.63) is 54.1 Å². The molecule has 0 spiro atoms. The van der Waals surface area contributed by atoms with Crippen LogP contribution in [0.2, 0.25) is 0 Å². The SMILES string of the molecule is CCCN(C(=O)C1C(=O)c2c(cccc2S(C)=O)N(C)C1=O)c1ccccc1. The van der Waals surface area contributed by atoms with E-state index in [-0.39, 0.29) is 5.56 Å². The lowest BCUT2D eigenvalue weighted by Crippen LogP contribution is -2.51. The Kier molecular flexibility index (Phi) is 5.74. The van der Waals surface area contributed by atoms with Gasteiger partial charge < -0.3 is 9.80 Å². The Bertz CT molecular complexity index is 958. The molecule has 0 aliphatic carbocycles. The average molecular weight is 398 g/mol. The minimum Gasteiger partial charge on any atom is -0.314 e. The summed E-state index contributed by atoms with van der Waals surface area (Å²) >= 11 is 0. The van der Waals surface area contributed by atoms with E-state index in [9.17, 15) is 18.6 Å². The van der Waals surface area contributed by atoms with Gasteiger partial charge in [0, 0.05) is 25.5 Å². The Morgan fingerprint density at radius 3 is 2.39 bits per heavy atom. The number of Topliss-reactive ketones (excluding diaryl/α,β-unsaturated/α-hetero) is 1. The molecule has 0 saturated carbocycles. The number of rotatable bonds is 5. The Morgan fingerprint density at radius 2 is 1.79 bits per heavy atom. The van der Waals surface area contributed by atoms with Gasteiger partial charge in [-0.3, -0.25) is 18.6 Å². The molecule has 28 heavy (non-hydrogen) atoms. The molecule has 3 rings (SSSR count). The predicted molar refractivity (Wildman–Crippen MR) is 109 cm³/mol. The number of anilines is 2. The van der Waals surface area contributed by atoms with E-state index in [2.05, 4.69) is 0 Å². The number of amides is 2.